The highest BCUT2D eigenvalue weighted by Gasteiger charge is 2.23. The average molecular weight is 381 g/mol. The number of ether oxygens (including phenoxy) is 1. The molecule has 0 fully saturated rings. The largest absolute Gasteiger partial charge is 0.460 e. The van der Waals surface area contributed by atoms with E-state index in [-0.39, 0.29) is 30.9 Å². The molecule has 2 unspecified atom stereocenters. The molecule has 150 valence electrons. The minimum atomic E-state index is -0.995. The Labute approximate surface area is 160 Å². The molecule has 1 aromatic rings. The van der Waals surface area contributed by atoms with Crippen molar-refractivity contribution in [1.29, 1.82) is 0 Å². The van der Waals surface area contributed by atoms with Crippen LogP contribution >= 0.6 is 0 Å². The summed E-state index contributed by atoms with van der Waals surface area (Å²) in [7, 11) is 0. The molecule has 0 saturated heterocycles. The Balaban J connectivity index is 2.77. The molecule has 0 saturated carbocycles. The first kappa shape index (κ1) is 22.8. The quantitative estimate of drug-likeness (QED) is 0.459. The van der Waals surface area contributed by atoms with Crippen LogP contribution in [0.25, 0.3) is 0 Å². The van der Waals surface area contributed by atoms with Crippen LogP contribution in [0.1, 0.15) is 52.0 Å². The van der Waals surface area contributed by atoms with Crippen molar-refractivity contribution >= 4 is 11.9 Å². The third-order valence-electron chi connectivity index (χ3n) is 4.19. The van der Waals surface area contributed by atoms with Gasteiger partial charge in [0, 0.05) is 18.9 Å². The van der Waals surface area contributed by atoms with Gasteiger partial charge in [-0.1, -0.05) is 38.8 Å². The van der Waals surface area contributed by atoms with Crippen molar-refractivity contribution in [3.8, 4) is 0 Å². The smallest absolute Gasteiger partial charge is 0.329 e. The summed E-state index contributed by atoms with van der Waals surface area (Å²) in [5.41, 5.74) is 0.278. The maximum absolute atomic E-state index is 13.4. The third-order valence-corrected chi connectivity index (χ3v) is 4.19. The molecule has 0 bridgehead atoms. The fraction of sp³-hybridized carbons (Fsp3) is 0.524. The molecule has 1 aromatic carbocycles. The molecule has 0 aliphatic heterocycles. The zero-order valence-electron chi connectivity index (χ0n) is 16.3. The SMILES string of the molecule is C/C=C/COC(=O)C(Cc1cc(F)cc(F)c1)NC(=O)CCC(C)CCC. The Hall–Kier alpha value is -2.24. The topological polar surface area (TPSA) is 55.4 Å². The van der Waals surface area contributed by atoms with E-state index in [9.17, 15) is 18.4 Å². The lowest BCUT2D eigenvalue weighted by atomic mass is 9.99. The van der Waals surface area contributed by atoms with Crippen molar-refractivity contribution in [1.82, 2.24) is 5.32 Å². The number of allylic oxidation sites excluding steroid dienone is 1. The minimum absolute atomic E-state index is 0.0421. The molecule has 0 radical (unpaired) electrons. The second-order valence-corrected chi connectivity index (χ2v) is 6.73. The predicted octanol–water partition coefficient (Wildman–Crippen LogP) is 4.33. The lowest BCUT2D eigenvalue weighted by Crippen LogP contribution is -2.43. The van der Waals surface area contributed by atoms with E-state index in [0.717, 1.165) is 31.0 Å². The number of halogens is 2. The van der Waals surface area contributed by atoms with Crippen LogP contribution in [0.4, 0.5) is 8.78 Å². The van der Waals surface area contributed by atoms with Crippen molar-refractivity contribution in [3.05, 3.63) is 47.5 Å². The van der Waals surface area contributed by atoms with Gasteiger partial charge in [0.05, 0.1) is 0 Å². The van der Waals surface area contributed by atoms with Crippen LogP contribution in [-0.2, 0) is 20.7 Å². The highest BCUT2D eigenvalue weighted by molar-refractivity contribution is 5.84. The Bertz CT molecular complexity index is 626. The van der Waals surface area contributed by atoms with Crippen molar-refractivity contribution in [2.75, 3.05) is 6.61 Å². The van der Waals surface area contributed by atoms with Gasteiger partial charge < -0.3 is 10.1 Å². The number of carbonyl (C=O) groups is 2. The zero-order chi connectivity index (χ0) is 20.2. The lowest BCUT2D eigenvalue weighted by Gasteiger charge is -2.18. The first-order chi connectivity index (χ1) is 12.8. The van der Waals surface area contributed by atoms with Crippen LogP contribution in [0.2, 0.25) is 0 Å². The molecule has 0 aromatic heterocycles. The van der Waals surface area contributed by atoms with Gasteiger partial charge >= 0.3 is 5.97 Å². The van der Waals surface area contributed by atoms with Gasteiger partial charge in [0.25, 0.3) is 0 Å². The van der Waals surface area contributed by atoms with Gasteiger partial charge in [-0.05, 0) is 37.0 Å². The van der Waals surface area contributed by atoms with Crippen LogP contribution < -0.4 is 5.32 Å². The van der Waals surface area contributed by atoms with Crippen molar-refractivity contribution < 1.29 is 23.1 Å². The van der Waals surface area contributed by atoms with E-state index in [1.54, 1.807) is 19.1 Å². The molecule has 27 heavy (non-hydrogen) atoms. The number of rotatable bonds is 11. The number of carbonyl (C=O) groups excluding carboxylic acids is 2. The Morgan fingerprint density at radius 1 is 1.19 bits per heavy atom. The molecule has 1 amide bonds. The Morgan fingerprint density at radius 3 is 2.44 bits per heavy atom. The molecule has 0 spiro atoms. The van der Waals surface area contributed by atoms with Crippen LogP contribution in [0.15, 0.2) is 30.4 Å². The van der Waals surface area contributed by atoms with Gasteiger partial charge in [0.15, 0.2) is 0 Å². The molecular formula is C21H29F2NO3. The van der Waals surface area contributed by atoms with Crippen LogP contribution in [0.5, 0.6) is 0 Å². The van der Waals surface area contributed by atoms with E-state index in [1.807, 2.05) is 0 Å². The van der Waals surface area contributed by atoms with E-state index in [1.165, 1.54) is 0 Å². The Morgan fingerprint density at radius 2 is 1.85 bits per heavy atom. The Kier molecular flexibility index (Phi) is 10.3. The van der Waals surface area contributed by atoms with Crippen molar-refractivity contribution in [2.24, 2.45) is 5.92 Å². The average Bonchev–Trinajstić information content (AvgIpc) is 2.59. The fourth-order valence-corrected chi connectivity index (χ4v) is 2.77. The van der Waals surface area contributed by atoms with Crippen molar-refractivity contribution in [2.45, 2.75) is 58.9 Å². The summed E-state index contributed by atoms with van der Waals surface area (Å²) >= 11 is 0. The highest BCUT2D eigenvalue weighted by Crippen LogP contribution is 2.14. The van der Waals surface area contributed by atoms with E-state index >= 15 is 0 Å². The lowest BCUT2D eigenvalue weighted by molar-refractivity contribution is -0.146. The van der Waals surface area contributed by atoms with E-state index in [0.29, 0.717) is 12.3 Å². The summed E-state index contributed by atoms with van der Waals surface area (Å²) < 4.78 is 32.0. The van der Waals surface area contributed by atoms with Gasteiger partial charge in [0.1, 0.15) is 24.3 Å². The van der Waals surface area contributed by atoms with E-state index < -0.39 is 23.6 Å². The fourth-order valence-electron chi connectivity index (χ4n) is 2.77. The molecule has 1 N–H and O–H groups in total. The molecule has 6 heteroatoms. The van der Waals surface area contributed by atoms with E-state index in [2.05, 4.69) is 19.2 Å². The minimum Gasteiger partial charge on any atom is -0.460 e. The summed E-state index contributed by atoms with van der Waals surface area (Å²) in [5, 5.41) is 2.65. The number of hydrogen-bond donors (Lipinski definition) is 1. The monoisotopic (exact) mass is 381 g/mol. The molecule has 1 rings (SSSR count). The molecule has 4 nitrogen and oxygen atoms in total. The second-order valence-electron chi connectivity index (χ2n) is 6.73. The number of benzene rings is 1. The second kappa shape index (κ2) is 12.2. The maximum atomic E-state index is 13.4. The van der Waals surface area contributed by atoms with Gasteiger partial charge in [-0.3, -0.25) is 4.79 Å². The van der Waals surface area contributed by atoms with Crippen LogP contribution in [-0.4, -0.2) is 24.5 Å². The standard InChI is InChI=1S/C21H29F2NO3/c1-4-6-10-27-21(26)19(13-16-11-17(22)14-18(23)12-16)24-20(25)9-8-15(3)7-5-2/h4,6,11-12,14-15,19H,5,7-10,13H2,1-3H3,(H,24,25)/b6-4+. The third kappa shape index (κ3) is 9.31. The normalized spacial score (nSPS) is 13.4. The molecule has 0 heterocycles. The summed E-state index contributed by atoms with van der Waals surface area (Å²) in [6.07, 6.45) is 6.44. The number of esters is 1. The van der Waals surface area contributed by atoms with Crippen molar-refractivity contribution in [3.63, 3.8) is 0 Å². The summed E-state index contributed by atoms with van der Waals surface area (Å²) in [6, 6.07) is 2.05. The number of amides is 1. The molecule has 0 aliphatic rings. The van der Waals surface area contributed by atoms with Gasteiger partial charge in [-0.2, -0.15) is 0 Å². The van der Waals surface area contributed by atoms with E-state index in [4.69, 9.17) is 4.74 Å². The van der Waals surface area contributed by atoms with Gasteiger partial charge in [0.2, 0.25) is 5.91 Å². The van der Waals surface area contributed by atoms with Crippen LogP contribution in [0, 0.1) is 17.6 Å². The molecule has 2 atom stereocenters. The summed E-state index contributed by atoms with van der Waals surface area (Å²) in [4.78, 5) is 24.5. The van der Waals surface area contributed by atoms with Crippen LogP contribution in [0.3, 0.4) is 0 Å². The highest BCUT2D eigenvalue weighted by atomic mass is 19.1. The number of nitrogens with one attached hydrogen (secondary N) is 1. The molecule has 0 aliphatic carbocycles. The first-order valence-electron chi connectivity index (χ1n) is 9.37. The van der Waals surface area contributed by atoms with Gasteiger partial charge in [-0.15, -0.1) is 0 Å². The summed E-state index contributed by atoms with van der Waals surface area (Å²) in [6.45, 7) is 6.04. The molecular weight excluding hydrogens is 352 g/mol. The summed E-state index contributed by atoms with van der Waals surface area (Å²) in [5.74, 6) is -1.95. The van der Waals surface area contributed by atoms with Gasteiger partial charge in [-0.25, -0.2) is 13.6 Å². The predicted molar refractivity (Wildman–Crippen MR) is 101 cm³/mol. The zero-order valence-corrected chi connectivity index (χ0v) is 16.3. The number of hydrogen-bond acceptors (Lipinski definition) is 3. The maximum Gasteiger partial charge on any atom is 0.329 e. The first-order valence-corrected chi connectivity index (χ1v) is 9.37.